The second-order valence-corrected chi connectivity index (χ2v) is 5.54. The number of carboxylic acid groups (broad SMARTS) is 1. The van der Waals surface area contributed by atoms with Crippen LogP contribution in [0.15, 0.2) is 5.16 Å². The molecule has 3 fully saturated rings. The molecule has 90 valence electrons. The third-order valence-corrected chi connectivity index (χ3v) is 4.43. The van der Waals surface area contributed by atoms with Crippen LogP contribution in [0.3, 0.4) is 0 Å². The molecular weight excluding hydrogens is 206 g/mol. The fourth-order valence-corrected chi connectivity index (χ4v) is 3.31. The van der Waals surface area contributed by atoms with E-state index in [-0.39, 0.29) is 17.8 Å². The zero-order valence-corrected chi connectivity index (χ0v) is 10.1. The molecule has 16 heavy (non-hydrogen) atoms. The Labute approximate surface area is 95.7 Å². The Morgan fingerprint density at radius 3 is 2.75 bits per heavy atom. The van der Waals surface area contributed by atoms with Crippen LogP contribution in [0.1, 0.15) is 33.1 Å². The zero-order valence-electron chi connectivity index (χ0n) is 10.1. The first-order valence-electron chi connectivity index (χ1n) is 5.79. The van der Waals surface area contributed by atoms with Crippen LogP contribution < -0.4 is 0 Å². The average molecular weight is 225 g/mol. The molecule has 0 unspecified atom stereocenters. The normalized spacial score (nSPS) is 37.9. The van der Waals surface area contributed by atoms with E-state index in [0.29, 0.717) is 11.8 Å². The summed E-state index contributed by atoms with van der Waals surface area (Å²) in [5, 5.41) is 13.0. The van der Waals surface area contributed by atoms with Crippen LogP contribution in [0.5, 0.6) is 0 Å². The predicted octanol–water partition coefficient (Wildman–Crippen LogP) is 2.15. The Kier molecular flexibility index (Phi) is 2.68. The first-order chi connectivity index (χ1) is 7.46. The highest BCUT2D eigenvalue weighted by atomic mass is 16.6. The Hall–Kier alpha value is -1.06. The van der Waals surface area contributed by atoms with Gasteiger partial charge >= 0.3 is 5.97 Å². The fourth-order valence-electron chi connectivity index (χ4n) is 3.31. The van der Waals surface area contributed by atoms with Gasteiger partial charge in [0.2, 0.25) is 0 Å². The minimum atomic E-state index is -0.743. The SMILES string of the molecule is CO/N=C1/[C@@H](CC(=O)O)C[C@H]2C[C@@H]1C2(C)C. The van der Waals surface area contributed by atoms with E-state index < -0.39 is 5.97 Å². The van der Waals surface area contributed by atoms with Crippen molar-refractivity contribution in [3.8, 4) is 0 Å². The number of aliphatic carboxylic acids is 1. The summed E-state index contributed by atoms with van der Waals surface area (Å²) in [5.41, 5.74) is 1.24. The van der Waals surface area contributed by atoms with Gasteiger partial charge in [0.1, 0.15) is 7.11 Å². The lowest BCUT2D eigenvalue weighted by atomic mass is 9.46. The number of oxime groups is 1. The van der Waals surface area contributed by atoms with Crippen LogP contribution in [-0.2, 0) is 9.63 Å². The summed E-state index contributed by atoms with van der Waals surface area (Å²) in [6, 6.07) is 0. The number of carbonyl (C=O) groups is 1. The van der Waals surface area contributed by atoms with Crippen LogP contribution in [0.25, 0.3) is 0 Å². The van der Waals surface area contributed by atoms with Crippen LogP contribution in [0.4, 0.5) is 0 Å². The van der Waals surface area contributed by atoms with Gasteiger partial charge in [0.15, 0.2) is 0 Å². The van der Waals surface area contributed by atoms with Crippen LogP contribution in [0.2, 0.25) is 0 Å². The van der Waals surface area contributed by atoms with Gasteiger partial charge in [0.25, 0.3) is 0 Å². The van der Waals surface area contributed by atoms with Gasteiger partial charge in [-0.2, -0.15) is 0 Å². The molecule has 3 aliphatic rings. The molecule has 3 atom stereocenters. The number of hydrogen-bond acceptors (Lipinski definition) is 3. The third-order valence-electron chi connectivity index (χ3n) is 4.43. The third kappa shape index (κ3) is 1.60. The maximum atomic E-state index is 10.8. The maximum Gasteiger partial charge on any atom is 0.304 e. The molecule has 3 rings (SSSR count). The quantitative estimate of drug-likeness (QED) is 0.749. The van der Waals surface area contributed by atoms with E-state index in [9.17, 15) is 4.79 Å². The van der Waals surface area contributed by atoms with Gasteiger partial charge in [-0.05, 0) is 24.2 Å². The topological polar surface area (TPSA) is 58.9 Å². The van der Waals surface area contributed by atoms with Gasteiger partial charge in [0.05, 0.1) is 12.1 Å². The summed E-state index contributed by atoms with van der Waals surface area (Å²) in [4.78, 5) is 15.7. The van der Waals surface area contributed by atoms with Crippen molar-refractivity contribution in [3.63, 3.8) is 0 Å². The highest BCUT2D eigenvalue weighted by Gasteiger charge is 2.56. The van der Waals surface area contributed by atoms with Crippen molar-refractivity contribution in [1.82, 2.24) is 0 Å². The van der Waals surface area contributed by atoms with Crippen molar-refractivity contribution in [3.05, 3.63) is 0 Å². The number of hydrogen-bond donors (Lipinski definition) is 1. The minimum Gasteiger partial charge on any atom is -0.481 e. The number of fused-ring (bicyclic) bond motifs is 2. The summed E-state index contributed by atoms with van der Waals surface area (Å²) >= 11 is 0. The van der Waals surface area contributed by atoms with Gasteiger partial charge in [-0.3, -0.25) is 4.79 Å². The number of rotatable bonds is 3. The molecule has 4 heteroatoms. The summed E-state index contributed by atoms with van der Waals surface area (Å²) in [6.45, 7) is 4.49. The van der Waals surface area contributed by atoms with E-state index in [0.717, 1.165) is 18.6 Å². The maximum absolute atomic E-state index is 10.8. The highest BCUT2D eigenvalue weighted by molar-refractivity contribution is 5.93. The van der Waals surface area contributed by atoms with Crippen molar-refractivity contribution in [2.45, 2.75) is 33.1 Å². The Morgan fingerprint density at radius 2 is 2.25 bits per heavy atom. The lowest BCUT2D eigenvalue weighted by molar-refractivity contribution is -0.138. The molecule has 0 aromatic heterocycles. The molecule has 4 nitrogen and oxygen atoms in total. The zero-order chi connectivity index (χ0) is 11.9. The van der Waals surface area contributed by atoms with E-state index >= 15 is 0 Å². The van der Waals surface area contributed by atoms with Gasteiger partial charge in [-0.15, -0.1) is 0 Å². The molecule has 1 N–H and O–H groups in total. The minimum absolute atomic E-state index is 0.0780. The largest absolute Gasteiger partial charge is 0.481 e. The second kappa shape index (κ2) is 3.75. The van der Waals surface area contributed by atoms with Crippen molar-refractivity contribution in [2.24, 2.45) is 28.3 Å². The molecule has 0 heterocycles. The smallest absolute Gasteiger partial charge is 0.304 e. The molecular formula is C12H19NO3. The van der Waals surface area contributed by atoms with E-state index in [1.165, 1.54) is 7.11 Å². The molecule has 0 amide bonds. The molecule has 0 spiro atoms. The molecule has 3 aliphatic carbocycles. The van der Waals surface area contributed by atoms with Gasteiger partial charge in [0, 0.05) is 11.8 Å². The Balaban J connectivity index is 2.18. The molecule has 3 saturated carbocycles. The first-order valence-corrected chi connectivity index (χ1v) is 5.79. The fraction of sp³-hybridized carbons (Fsp3) is 0.833. The van der Waals surface area contributed by atoms with E-state index in [2.05, 4.69) is 19.0 Å². The van der Waals surface area contributed by atoms with Gasteiger partial charge < -0.3 is 9.94 Å². The van der Waals surface area contributed by atoms with Crippen molar-refractivity contribution >= 4 is 11.7 Å². The van der Waals surface area contributed by atoms with Gasteiger partial charge in [-0.1, -0.05) is 19.0 Å². The van der Waals surface area contributed by atoms with E-state index in [1.54, 1.807) is 0 Å². The molecule has 0 aromatic carbocycles. The monoisotopic (exact) mass is 225 g/mol. The van der Waals surface area contributed by atoms with E-state index in [4.69, 9.17) is 9.94 Å². The van der Waals surface area contributed by atoms with Crippen molar-refractivity contribution in [1.29, 1.82) is 0 Å². The molecule has 0 aliphatic heterocycles. The Bertz CT molecular complexity index is 335. The van der Waals surface area contributed by atoms with Gasteiger partial charge in [-0.25, -0.2) is 0 Å². The van der Waals surface area contributed by atoms with Crippen LogP contribution in [0, 0.1) is 23.2 Å². The molecule has 0 radical (unpaired) electrons. The number of carboxylic acids is 1. The number of nitrogens with zero attached hydrogens (tertiary/aromatic N) is 1. The highest BCUT2D eigenvalue weighted by Crippen LogP contribution is 2.59. The van der Waals surface area contributed by atoms with Crippen molar-refractivity contribution < 1.29 is 14.7 Å². The van der Waals surface area contributed by atoms with E-state index in [1.807, 2.05) is 0 Å². The lowest BCUT2D eigenvalue weighted by Gasteiger charge is -2.58. The summed E-state index contributed by atoms with van der Waals surface area (Å²) in [7, 11) is 1.53. The summed E-state index contributed by atoms with van der Waals surface area (Å²) < 4.78 is 0. The average Bonchev–Trinajstić information content (AvgIpc) is 2.19. The Morgan fingerprint density at radius 1 is 1.56 bits per heavy atom. The van der Waals surface area contributed by atoms with Crippen LogP contribution in [-0.4, -0.2) is 23.9 Å². The second-order valence-electron chi connectivity index (χ2n) is 5.54. The van der Waals surface area contributed by atoms with Crippen molar-refractivity contribution in [2.75, 3.05) is 7.11 Å². The molecule has 0 saturated heterocycles. The standard InChI is InChI=1S/C12H19NO3/c1-12(2)8-4-7(5-10(14)15)11(13-16-3)9(12)6-8/h7-9H,4-6H2,1-3H3,(H,14,15)/b13-11-/t7-,8+,9+/m1/s1. The molecule has 0 aromatic rings. The first kappa shape index (κ1) is 11.4. The molecule has 2 bridgehead atoms. The lowest BCUT2D eigenvalue weighted by Crippen LogP contribution is -2.56. The summed E-state index contributed by atoms with van der Waals surface area (Å²) in [6.07, 6.45) is 2.27. The predicted molar refractivity (Wildman–Crippen MR) is 60.2 cm³/mol. The van der Waals surface area contributed by atoms with Crippen LogP contribution >= 0.6 is 0 Å². The summed E-state index contributed by atoms with van der Waals surface area (Å²) in [5.74, 6) is 0.398.